The van der Waals surface area contributed by atoms with E-state index < -0.39 is 16.3 Å². The summed E-state index contributed by atoms with van der Waals surface area (Å²) in [6, 6.07) is 11.2. The fourth-order valence-corrected chi connectivity index (χ4v) is 2.21. The molecule has 0 aromatic heterocycles. The van der Waals surface area contributed by atoms with Gasteiger partial charge in [-0.25, -0.2) is 4.39 Å². The second-order valence-corrected chi connectivity index (χ2v) is 5.66. The SMILES string of the molecule is CC(O)(CNC(=O)Cc1cccc([N+](=O)[O-])c1)c1ccc(F)cc1. The normalized spacial score (nSPS) is 13.1. The van der Waals surface area contributed by atoms with Crippen molar-refractivity contribution in [3.05, 3.63) is 75.6 Å². The minimum atomic E-state index is -1.36. The molecule has 0 bridgehead atoms. The van der Waals surface area contributed by atoms with Crippen LogP contribution in [0.1, 0.15) is 18.1 Å². The highest BCUT2D eigenvalue weighted by molar-refractivity contribution is 5.78. The van der Waals surface area contributed by atoms with Crippen molar-refractivity contribution in [2.45, 2.75) is 18.9 Å². The number of benzene rings is 2. The van der Waals surface area contributed by atoms with Crippen molar-refractivity contribution in [3.8, 4) is 0 Å². The van der Waals surface area contributed by atoms with Gasteiger partial charge in [-0.1, -0.05) is 24.3 Å². The highest BCUT2D eigenvalue weighted by Crippen LogP contribution is 2.20. The van der Waals surface area contributed by atoms with Crippen LogP contribution in [0.25, 0.3) is 0 Å². The largest absolute Gasteiger partial charge is 0.384 e. The van der Waals surface area contributed by atoms with Gasteiger partial charge in [-0.2, -0.15) is 0 Å². The van der Waals surface area contributed by atoms with Gasteiger partial charge in [-0.3, -0.25) is 14.9 Å². The van der Waals surface area contributed by atoms with Gasteiger partial charge in [-0.05, 0) is 30.2 Å². The zero-order valence-corrected chi connectivity index (χ0v) is 13.0. The summed E-state index contributed by atoms with van der Waals surface area (Å²) in [7, 11) is 0. The lowest BCUT2D eigenvalue weighted by molar-refractivity contribution is -0.384. The van der Waals surface area contributed by atoms with Gasteiger partial charge in [0.25, 0.3) is 5.69 Å². The van der Waals surface area contributed by atoms with E-state index in [1.807, 2.05) is 0 Å². The molecule has 0 aliphatic rings. The maximum atomic E-state index is 12.9. The van der Waals surface area contributed by atoms with E-state index in [9.17, 15) is 24.4 Å². The third kappa shape index (κ3) is 4.60. The van der Waals surface area contributed by atoms with Crippen molar-refractivity contribution >= 4 is 11.6 Å². The van der Waals surface area contributed by atoms with E-state index in [-0.39, 0.29) is 24.6 Å². The van der Waals surface area contributed by atoms with Gasteiger partial charge >= 0.3 is 0 Å². The molecular formula is C17H17FN2O4. The second-order valence-electron chi connectivity index (χ2n) is 5.66. The van der Waals surface area contributed by atoms with Gasteiger partial charge in [0.05, 0.1) is 17.9 Å². The summed E-state index contributed by atoms with van der Waals surface area (Å²) in [4.78, 5) is 22.2. The molecule has 6 nitrogen and oxygen atoms in total. The number of nitro benzene ring substituents is 1. The van der Waals surface area contributed by atoms with Crippen LogP contribution in [0.5, 0.6) is 0 Å². The number of nitro groups is 1. The van der Waals surface area contributed by atoms with Gasteiger partial charge in [0.15, 0.2) is 0 Å². The predicted molar refractivity (Wildman–Crippen MR) is 85.8 cm³/mol. The summed E-state index contributed by atoms with van der Waals surface area (Å²) in [5, 5.41) is 23.7. The van der Waals surface area contributed by atoms with Crippen LogP contribution in [0.4, 0.5) is 10.1 Å². The van der Waals surface area contributed by atoms with Crippen LogP contribution in [0.15, 0.2) is 48.5 Å². The van der Waals surface area contributed by atoms with E-state index in [1.165, 1.54) is 49.4 Å². The fraction of sp³-hybridized carbons (Fsp3) is 0.235. The number of carbonyl (C=O) groups is 1. The van der Waals surface area contributed by atoms with Gasteiger partial charge < -0.3 is 10.4 Å². The average molecular weight is 332 g/mol. The molecule has 0 aliphatic carbocycles. The fourth-order valence-electron chi connectivity index (χ4n) is 2.21. The number of halogens is 1. The molecule has 0 saturated heterocycles. The van der Waals surface area contributed by atoms with Crippen molar-refractivity contribution < 1.29 is 19.2 Å². The molecule has 2 N–H and O–H groups in total. The lowest BCUT2D eigenvalue weighted by Gasteiger charge is -2.24. The number of hydrogen-bond acceptors (Lipinski definition) is 4. The number of rotatable bonds is 6. The number of nitrogens with zero attached hydrogens (tertiary/aromatic N) is 1. The summed E-state index contributed by atoms with van der Waals surface area (Å²) in [5.74, 6) is -0.790. The first-order valence-electron chi connectivity index (χ1n) is 7.26. The molecule has 2 aromatic rings. The number of nitrogens with one attached hydrogen (secondary N) is 1. The van der Waals surface area contributed by atoms with E-state index in [0.717, 1.165) is 0 Å². The molecule has 1 unspecified atom stereocenters. The summed E-state index contributed by atoms with van der Waals surface area (Å²) >= 11 is 0. The maximum Gasteiger partial charge on any atom is 0.269 e. The van der Waals surface area contributed by atoms with Gasteiger partial charge in [0.1, 0.15) is 11.4 Å². The smallest absolute Gasteiger partial charge is 0.269 e. The van der Waals surface area contributed by atoms with E-state index in [0.29, 0.717) is 11.1 Å². The lowest BCUT2D eigenvalue weighted by atomic mass is 9.96. The highest BCUT2D eigenvalue weighted by Gasteiger charge is 2.24. The molecule has 0 fully saturated rings. The van der Waals surface area contributed by atoms with Crippen LogP contribution in [-0.4, -0.2) is 22.5 Å². The Bertz CT molecular complexity index is 745. The molecule has 0 saturated carbocycles. The first-order chi connectivity index (χ1) is 11.3. The summed E-state index contributed by atoms with van der Waals surface area (Å²) in [6.07, 6.45) is -0.0405. The summed E-state index contributed by atoms with van der Waals surface area (Å²) in [5.41, 5.74) is -0.465. The van der Waals surface area contributed by atoms with Crippen molar-refractivity contribution in [3.63, 3.8) is 0 Å². The first kappa shape index (κ1) is 17.6. The molecule has 1 atom stereocenters. The highest BCUT2D eigenvalue weighted by atomic mass is 19.1. The molecule has 1 amide bonds. The molecule has 2 rings (SSSR count). The standard InChI is InChI=1S/C17H17FN2O4/c1-17(22,13-5-7-14(18)8-6-13)11-19-16(21)10-12-3-2-4-15(9-12)20(23)24/h2-9,22H,10-11H2,1H3,(H,19,21). The molecule has 0 aliphatic heterocycles. The molecule has 24 heavy (non-hydrogen) atoms. The van der Waals surface area contributed by atoms with Crippen molar-refractivity contribution in [1.82, 2.24) is 5.32 Å². The lowest BCUT2D eigenvalue weighted by Crippen LogP contribution is -2.39. The van der Waals surface area contributed by atoms with Crippen LogP contribution < -0.4 is 5.32 Å². The summed E-state index contributed by atoms with van der Waals surface area (Å²) in [6.45, 7) is 1.44. The Balaban J connectivity index is 1.96. The summed E-state index contributed by atoms with van der Waals surface area (Å²) < 4.78 is 12.9. The second kappa shape index (κ2) is 7.18. The number of hydrogen-bond donors (Lipinski definition) is 2. The monoisotopic (exact) mass is 332 g/mol. The Morgan fingerprint density at radius 3 is 2.58 bits per heavy atom. The van der Waals surface area contributed by atoms with E-state index in [1.54, 1.807) is 6.07 Å². The minimum Gasteiger partial charge on any atom is -0.384 e. The van der Waals surface area contributed by atoms with E-state index >= 15 is 0 Å². The Morgan fingerprint density at radius 2 is 1.96 bits per heavy atom. The van der Waals surface area contributed by atoms with Crippen LogP contribution in [0.3, 0.4) is 0 Å². The Labute approximate surface area is 138 Å². The molecule has 0 radical (unpaired) electrons. The van der Waals surface area contributed by atoms with Gasteiger partial charge in [0.2, 0.25) is 5.91 Å². The topological polar surface area (TPSA) is 92.5 Å². The number of non-ortho nitro benzene ring substituents is 1. The molecule has 0 spiro atoms. The van der Waals surface area contributed by atoms with E-state index in [4.69, 9.17) is 0 Å². The molecule has 2 aromatic carbocycles. The maximum absolute atomic E-state index is 12.9. The zero-order chi connectivity index (χ0) is 17.7. The molecule has 126 valence electrons. The third-order valence-electron chi connectivity index (χ3n) is 3.58. The van der Waals surface area contributed by atoms with Crippen LogP contribution in [-0.2, 0) is 16.8 Å². The molecular weight excluding hydrogens is 315 g/mol. The van der Waals surface area contributed by atoms with E-state index in [2.05, 4.69) is 5.32 Å². The Kier molecular flexibility index (Phi) is 5.25. The quantitative estimate of drug-likeness (QED) is 0.627. The minimum absolute atomic E-state index is 0.0405. The predicted octanol–water partition coefficient (Wildman–Crippen LogP) is 2.30. The van der Waals surface area contributed by atoms with Crippen LogP contribution >= 0.6 is 0 Å². The van der Waals surface area contributed by atoms with Crippen LogP contribution in [0, 0.1) is 15.9 Å². The van der Waals surface area contributed by atoms with Crippen molar-refractivity contribution in [2.75, 3.05) is 6.54 Å². The average Bonchev–Trinajstić information content (AvgIpc) is 2.54. The van der Waals surface area contributed by atoms with Gasteiger partial charge in [0, 0.05) is 12.1 Å². The Hall–Kier alpha value is -2.80. The number of carbonyl (C=O) groups excluding carboxylic acids is 1. The van der Waals surface area contributed by atoms with Crippen LogP contribution in [0.2, 0.25) is 0 Å². The number of aliphatic hydroxyl groups is 1. The van der Waals surface area contributed by atoms with Crippen molar-refractivity contribution in [1.29, 1.82) is 0 Å². The Morgan fingerprint density at radius 1 is 1.29 bits per heavy atom. The number of amides is 1. The molecule has 0 heterocycles. The molecule has 7 heteroatoms. The van der Waals surface area contributed by atoms with Crippen molar-refractivity contribution in [2.24, 2.45) is 0 Å². The first-order valence-corrected chi connectivity index (χ1v) is 7.26. The van der Waals surface area contributed by atoms with Gasteiger partial charge in [-0.15, -0.1) is 0 Å². The zero-order valence-electron chi connectivity index (χ0n) is 13.0. The third-order valence-corrected chi connectivity index (χ3v) is 3.58.